The molecule has 0 bridgehead atoms. The van der Waals surface area contributed by atoms with Crippen LogP contribution in [0, 0.1) is 10.1 Å². The normalized spacial score (nSPS) is 10.1. The third-order valence-electron chi connectivity index (χ3n) is 1.97. The van der Waals surface area contributed by atoms with Gasteiger partial charge < -0.3 is 10.1 Å². The van der Waals surface area contributed by atoms with E-state index in [1.807, 2.05) is 0 Å². The zero-order valence-electron chi connectivity index (χ0n) is 9.56. The molecule has 0 amide bonds. The predicted molar refractivity (Wildman–Crippen MR) is 59.3 cm³/mol. The average Bonchev–Trinajstić information content (AvgIpc) is 2.74. The Labute approximate surface area is 101 Å². The van der Waals surface area contributed by atoms with Crippen LogP contribution in [-0.2, 0) is 7.05 Å². The van der Waals surface area contributed by atoms with Gasteiger partial charge in [0.05, 0.1) is 4.92 Å². The van der Waals surface area contributed by atoms with Gasteiger partial charge in [-0.15, -0.1) is 5.10 Å². The van der Waals surface area contributed by atoms with Crippen LogP contribution >= 0.6 is 0 Å². The SMILES string of the molecule is CNc1ncnc(Oc2ncn(C)n2)c1[N+](=O)[O-]. The number of aryl methyl sites for hydroxylation is 1. The molecule has 0 aromatic carbocycles. The van der Waals surface area contributed by atoms with Crippen molar-refractivity contribution in [3.8, 4) is 11.9 Å². The van der Waals surface area contributed by atoms with Gasteiger partial charge in [-0.25, -0.2) is 4.98 Å². The molecule has 2 aromatic rings. The minimum absolute atomic E-state index is 0.0265. The Morgan fingerprint density at radius 3 is 2.78 bits per heavy atom. The predicted octanol–water partition coefficient (Wildman–Crippen LogP) is 0.347. The molecule has 0 saturated heterocycles. The topological polar surface area (TPSA) is 121 Å². The van der Waals surface area contributed by atoms with Gasteiger partial charge >= 0.3 is 17.6 Å². The molecular formula is C8H9N7O3. The van der Waals surface area contributed by atoms with Crippen molar-refractivity contribution in [2.24, 2.45) is 7.05 Å². The Balaban J connectivity index is 2.41. The van der Waals surface area contributed by atoms with Crippen LogP contribution in [0.5, 0.6) is 11.9 Å². The molecule has 2 rings (SSSR count). The van der Waals surface area contributed by atoms with Gasteiger partial charge in [-0.2, -0.15) is 9.97 Å². The minimum atomic E-state index is -0.635. The molecule has 0 spiro atoms. The second-order valence-electron chi connectivity index (χ2n) is 3.19. The Morgan fingerprint density at radius 2 is 2.22 bits per heavy atom. The Hall–Kier alpha value is -2.78. The van der Waals surface area contributed by atoms with E-state index < -0.39 is 4.92 Å². The standard InChI is InChI=1S/C8H9N7O3/c1-9-6-5(15(16)17)7(11-3-10-6)18-8-12-4-14(2)13-8/h3-4H,1-2H3,(H,9,10,11). The highest BCUT2D eigenvalue weighted by Crippen LogP contribution is 2.32. The van der Waals surface area contributed by atoms with Crippen molar-refractivity contribution in [3.05, 3.63) is 22.8 Å². The smallest absolute Gasteiger partial charge is 0.373 e. The highest BCUT2D eigenvalue weighted by molar-refractivity contribution is 5.61. The lowest BCUT2D eigenvalue weighted by Gasteiger charge is -2.04. The van der Waals surface area contributed by atoms with Gasteiger partial charge in [0.1, 0.15) is 12.7 Å². The molecule has 1 N–H and O–H groups in total. The van der Waals surface area contributed by atoms with Gasteiger partial charge in [-0.3, -0.25) is 14.8 Å². The van der Waals surface area contributed by atoms with E-state index in [1.54, 1.807) is 7.05 Å². The first-order valence-electron chi connectivity index (χ1n) is 4.82. The molecule has 0 aliphatic carbocycles. The van der Waals surface area contributed by atoms with E-state index >= 15 is 0 Å². The summed E-state index contributed by atoms with van der Waals surface area (Å²) in [4.78, 5) is 21.6. The molecule has 94 valence electrons. The lowest BCUT2D eigenvalue weighted by molar-refractivity contribution is -0.385. The van der Waals surface area contributed by atoms with Gasteiger partial charge in [0.2, 0.25) is 5.82 Å². The number of aromatic nitrogens is 5. The molecule has 0 atom stereocenters. The van der Waals surface area contributed by atoms with Gasteiger partial charge in [0.15, 0.2) is 0 Å². The van der Waals surface area contributed by atoms with Crippen LogP contribution in [0.25, 0.3) is 0 Å². The summed E-state index contributed by atoms with van der Waals surface area (Å²) in [6, 6.07) is -0.0265. The summed E-state index contributed by atoms with van der Waals surface area (Å²) < 4.78 is 6.56. The Morgan fingerprint density at radius 1 is 1.44 bits per heavy atom. The average molecular weight is 251 g/mol. The van der Waals surface area contributed by atoms with Crippen molar-refractivity contribution in [1.82, 2.24) is 24.7 Å². The monoisotopic (exact) mass is 251 g/mol. The maximum atomic E-state index is 11.0. The lowest BCUT2D eigenvalue weighted by atomic mass is 10.4. The third kappa shape index (κ3) is 2.16. The molecule has 0 aliphatic rings. The van der Waals surface area contributed by atoms with E-state index in [9.17, 15) is 10.1 Å². The van der Waals surface area contributed by atoms with E-state index in [0.717, 1.165) is 6.33 Å². The number of hydrogen-bond acceptors (Lipinski definition) is 8. The molecule has 10 nitrogen and oxygen atoms in total. The summed E-state index contributed by atoms with van der Waals surface area (Å²) in [7, 11) is 3.16. The molecule has 0 unspecified atom stereocenters. The Kier molecular flexibility index (Phi) is 3.00. The lowest BCUT2D eigenvalue weighted by Crippen LogP contribution is -2.03. The first-order valence-corrected chi connectivity index (χ1v) is 4.82. The Bertz CT molecular complexity index is 582. The first-order chi connectivity index (χ1) is 8.61. The van der Waals surface area contributed by atoms with Crippen LogP contribution < -0.4 is 10.1 Å². The van der Waals surface area contributed by atoms with E-state index in [-0.39, 0.29) is 23.4 Å². The minimum Gasteiger partial charge on any atom is -0.397 e. The summed E-state index contributed by atoms with van der Waals surface area (Å²) in [5.74, 6) is -0.161. The van der Waals surface area contributed by atoms with Crippen LogP contribution in [-0.4, -0.2) is 36.7 Å². The van der Waals surface area contributed by atoms with Crippen LogP contribution in [0.15, 0.2) is 12.7 Å². The van der Waals surface area contributed by atoms with Crippen molar-refractivity contribution < 1.29 is 9.66 Å². The van der Waals surface area contributed by atoms with Gasteiger partial charge in [0.25, 0.3) is 0 Å². The van der Waals surface area contributed by atoms with Crippen molar-refractivity contribution in [2.75, 3.05) is 12.4 Å². The first kappa shape index (κ1) is 11.7. The number of nitro groups is 1. The molecule has 0 fully saturated rings. The van der Waals surface area contributed by atoms with Crippen molar-refractivity contribution in [1.29, 1.82) is 0 Å². The maximum absolute atomic E-state index is 11.0. The molecule has 18 heavy (non-hydrogen) atoms. The highest BCUT2D eigenvalue weighted by atomic mass is 16.6. The molecule has 0 saturated carbocycles. The second kappa shape index (κ2) is 4.61. The summed E-state index contributed by atoms with van der Waals surface area (Å²) >= 11 is 0. The van der Waals surface area contributed by atoms with Crippen LogP contribution in [0.2, 0.25) is 0 Å². The fraction of sp³-hybridized carbons (Fsp3) is 0.250. The van der Waals surface area contributed by atoms with Crippen LogP contribution in [0.1, 0.15) is 0 Å². The fourth-order valence-corrected chi connectivity index (χ4v) is 1.24. The quantitative estimate of drug-likeness (QED) is 0.610. The molecular weight excluding hydrogens is 242 g/mol. The zero-order chi connectivity index (χ0) is 13.1. The highest BCUT2D eigenvalue weighted by Gasteiger charge is 2.25. The van der Waals surface area contributed by atoms with Gasteiger partial charge in [-0.05, 0) is 0 Å². The number of nitrogens with zero attached hydrogens (tertiary/aromatic N) is 6. The zero-order valence-corrected chi connectivity index (χ0v) is 9.56. The largest absolute Gasteiger partial charge is 0.397 e. The maximum Gasteiger partial charge on any atom is 0.373 e. The number of nitrogens with one attached hydrogen (secondary N) is 1. The third-order valence-corrected chi connectivity index (χ3v) is 1.97. The summed E-state index contributed by atoms with van der Waals surface area (Å²) in [5.41, 5.74) is -0.368. The van der Waals surface area contributed by atoms with E-state index in [4.69, 9.17) is 4.74 Å². The molecule has 0 aliphatic heterocycles. The number of hydrogen-bond donors (Lipinski definition) is 1. The van der Waals surface area contributed by atoms with Crippen molar-refractivity contribution >= 4 is 11.5 Å². The molecule has 0 radical (unpaired) electrons. The summed E-state index contributed by atoms with van der Waals surface area (Å²) in [6.45, 7) is 0. The van der Waals surface area contributed by atoms with Crippen LogP contribution in [0.4, 0.5) is 11.5 Å². The molecule has 2 aromatic heterocycles. The summed E-state index contributed by atoms with van der Waals surface area (Å²) in [5, 5.41) is 17.4. The van der Waals surface area contributed by atoms with Crippen molar-refractivity contribution in [3.63, 3.8) is 0 Å². The molecule has 2 heterocycles. The van der Waals surface area contributed by atoms with E-state index in [0.29, 0.717) is 0 Å². The number of rotatable bonds is 4. The second-order valence-corrected chi connectivity index (χ2v) is 3.19. The van der Waals surface area contributed by atoms with E-state index in [2.05, 4.69) is 25.4 Å². The van der Waals surface area contributed by atoms with Crippen molar-refractivity contribution in [2.45, 2.75) is 0 Å². The van der Waals surface area contributed by atoms with E-state index in [1.165, 1.54) is 18.1 Å². The number of ether oxygens (including phenoxy) is 1. The van der Waals surface area contributed by atoms with Gasteiger partial charge in [0, 0.05) is 14.1 Å². The number of anilines is 1. The fourth-order valence-electron chi connectivity index (χ4n) is 1.24. The summed E-state index contributed by atoms with van der Waals surface area (Å²) in [6.07, 6.45) is 2.55. The molecule has 10 heteroatoms. The van der Waals surface area contributed by atoms with Crippen LogP contribution in [0.3, 0.4) is 0 Å². The van der Waals surface area contributed by atoms with Gasteiger partial charge in [-0.1, -0.05) is 0 Å².